The fourth-order valence-corrected chi connectivity index (χ4v) is 1.72. The minimum Gasteiger partial charge on any atom is -0.399 e. The lowest BCUT2D eigenvalue weighted by Gasteiger charge is -2.32. The molecule has 1 fully saturated rings. The van der Waals surface area contributed by atoms with Crippen LogP contribution in [0.25, 0.3) is 0 Å². The molecule has 0 atom stereocenters. The highest BCUT2D eigenvalue weighted by Gasteiger charge is 2.51. The molecule has 0 aliphatic carbocycles. The van der Waals surface area contributed by atoms with E-state index in [0.29, 0.717) is 5.69 Å². The second-order valence-corrected chi connectivity index (χ2v) is 5.31. The van der Waals surface area contributed by atoms with Gasteiger partial charge < -0.3 is 9.31 Å². The highest BCUT2D eigenvalue weighted by atomic mass is 19.2. The van der Waals surface area contributed by atoms with Gasteiger partial charge in [0.2, 0.25) is 0 Å². The highest BCUT2D eigenvalue weighted by Crippen LogP contribution is 2.36. The Morgan fingerprint density at radius 1 is 1.12 bits per heavy atom. The van der Waals surface area contributed by atoms with E-state index in [-0.39, 0.29) is 11.2 Å². The Morgan fingerprint density at radius 2 is 1.71 bits per heavy atom. The van der Waals surface area contributed by atoms with Gasteiger partial charge >= 0.3 is 7.12 Å². The molecule has 0 saturated carbocycles. The lowest BCUT2D eigenvalue weighted by Crippen LogP contribution is -2.41. The van der Waals surface area contributed by atoms with Crippen molar-refractivity contribution in [3.63, 3.8) is 0 Å². The quantitative estimate of drug-likeness (QED) is 0.632. The number of halogens is 1. The van der Waals surface area contributed by atoms with Crippen molar-refractivity contribution in [2.45, 2.75) is 38.9 Å². The van der Waals surface area contributed by atoms with Crippen LogP contribution in [-0.4, -0.2) is 18.3 Å². The Labute approximate surface area is 101 Å². The molecule has 17 heavy (non-hydrogen) atoms. The molecule has 1 heterocycles. The third kappa shape index (κ3) is 2.17. The van der Waals surface area contributed by atoms with Gasteiger partial charge in [0.25, 0.3) is 0 Å². The number of rotatable bonds is 2. The fourth-order valence-electron chi connectivity index (χ4n) is 1.72. The van der Waals surface area contributed by atoms with Crippen LogP contribution in [0.3, 0.4) is 0 Å². The molecule has 2 rings (SSSR count). The van der Waals surface area contributed by atoms with Crippen molar-refractivity contribution in [1.82, 2.24) is 0 Å². The molecule has 0 aromatic heterocycles. The maximum Gasteiger partial charge on any atom is 0.494 e. The minimum atomic E-state index is -0.451. The van der Waals surface area contributed by atoms with Crippen LogP contribution in [0, 0.1) is 0 Å². The smallest absolute Gasteiger partial charge is 0.399 e. The van der Waals surface area contributed by atoms with Gasteiger partial charge in [0.15, 0.2) is 0 Å². The Hall–Kier alpha value is -1.07. The van der Waals surface area contributed by atoms with Crippen LogP contribution in [0.1, 0.15) is 27.7 Å². The van der Waals surface area contributed by atoms with Crippen molar-refractivity contribution < 1.29 is 13.8 Å². The first-order chi connectivity index (χ1) is 7.86. The summed E-state index contributed by atoms with van der Waals surface area (Å²) in [5, 5.41) is 0. The first-order valence-electron chi connectivity index (χ1n) is 5.68. The molecule has 1 N–H and O–H groups in total. The lowest BCUT2D eigenvalue weighted by molar-refractivity contribution is 0.00578. The zero-order valence-electron chi connectivity index (χ0n) is 10.6. The Bertz CT molecular complexity index is 407. The van der Waals surface area contributed by atoms with Gasteiger partial charge in [-0.1, -0.05) is 12.1 Å². The molecular formula is C12H17BFNO2. The van der Waals surface area contributed by atoms with Crippen molar-refractivity contribution in [2.75, 3.05) is 5.54 Å². The summed E-state index contributed by atoms with van der Waals surface area (Å²) in [6, 6.07) is 6.96. The van der Waals surface area contributed by atoms with Crippen LogP contribution in [0.5, 0.6) is 0 Å². The number of anilines is 1. The summed E-state index contributed by atoms with van der Waals surface area (Å²) >= 11 is 0. The minimum absolute atomic E-state index is 0.378. The molecule has 0 amide bonds. The maximum atomic E-state index is 12.4. The van der Waals surface area contributed by atoms with Gasteiger partial charge in [-0.2, -0.15) is 0 Å². The van der Waals surface area contributed by atoms with Crippen molar-refractivity contribution in [2.24, 2.45) is 0 Å². The summed E-state index contributed by atoms with van der Waals surface area (Å²) in [5.74, 6) is 0. The normalized spacial score (nSPS) is 21.6. The molecular weight excluding hydrogens is 220 g/mol. The molecule has 1 aliphatic rings. The summed E-state index contributed by atoms with van der Waals surface area (Å²) in [5.41, 5.74) is 2.08. The Balaban J connectivity index is 2.25. The van der Waals surface area contributed by atoms with Crippen LogP contribution in [0.15, 0.2) is 24.3 Å². The molecule has 3 nitrogen and oxygen atoms in total. The maximum absolute atomic E-state index is 12.4. The van der Waals surface area contributed by atoms with Gasteiger partial charge in [-0.25, -0.2) is 5.54 Å². The molecule has 0 radical (unpaired) electrons. The van der Waals surface area contributed by atoms with Gasteiger partial charge in [-0.05, 0) is 45.3 Å². The Morgan fingerprint density at radius 3 is 2.24 bits per heavy atom. The average molecular weight is 237 g/mol. The van der Waals surface area contributed by atoms with Gasteiger partial charge in [0.1, 0.15) is 0 Å². The van der Waals surface area contributed by atoms with Gasteiger partial charge in [0, 0.05) is 0 Å². The first kappa shape index (κ1) is 12.4. The molecule has 0 unspecified atom stereocenters. The topological polar surface area (TPSA) is 30.5 Å². The summed E-state index contributed by atoms with van der Waals surface area (Å²) in [4.78, 5) is 0. The molecule has 1 aromatic carbocycles. The summed E-state index contributed by atoms with van der Waals surface area (Å²) in [6.45, 7) is 7.96. The summed E-state index contributed by atoms with van der Waals surface area (Å²) in [6.07, 6.45) is 0. The largest absolute Gasteiger partial charge is 0.494 e. The monoisotopic (exact) mass is 237 g/mol. The second kappa shape index (κ2) is 4.00. The zero-order valence-corrected chi connectivity index (χ0v) is 10.6. The van der Waals surface area contributed by atoms with Crippen molar-refractivity contribution >= 4 is 18.3 Å². The number of hydrogen-bond acceptors (Lipinski definition) is 3. The second-order valence-electron chi connectivity index (χ2n) is 5.31. The van der Waals surface area contributed by atoms with E-state index in [2.05, 4.69) is 0 Å². The van der Waals surface area contributed by atoms with E-state index >= 15 is 0 Å². The molecule has 1 aromatic rings. The van der Waals surface area contributed by atoms with E-state index in [9.17, 15) is 4.48 Å². The van der Waals surface area contributed by atoms with E-state index in [1.165, 1.54) is 0 Å². The van der Waals surface area contributed by atoms with Gasteiger partial charge in [-0.15, -0.1) is 4.48 Å². The van der Waals surface area contributed by atoms with E-state index < -0.39 is 7.12 Å². The van der Waals surface area contributed by atoms with E-state index in [1.54, 1.807) is 23.7 Å². The van der Waals surface area contributed by atoms with E-state index in [4.69, 9.17) is 9.31 Å². The Kier molecular flexibility index (Phi) is 2.91. The molecule has 1 saturated heterocycles. The van der Waals surface area contributed by atoms with Crippen LogP contribution < -0.4 is 11.0 Å². The third-order valence-electron chi connectivity index (χ3n) is 3.52. The van der Waals surface area contributed by atoms with Gasteiger partial charge in [-0.3, -0.25) is 0 Å². The third-order valence-corrected chi connectivity index (χ3v) is 3.52. The number of nitrogens with one attached hydrogen (secondary N) is 1. The molecule has 5 heteroatoms. The lowest BCUT2D eigenvalue weighted by atomic mass is 9.79. The SMILES string of the molecule is CC1(C)OB(c2cccc(NF)c2)OC1(C)C. The predicted molar refractivity (Wildman–Crippen MR) is 66.9 cm³/mol. The van der Waals surface area contributed by atoms with Crippen molar-refractivity contribution in [3.05, 3.63) is 24.3 Å². The molecule has 0 spiro atoms. The van der Waals surface area contributed by atoms with Crippen molar-refractivity contribution in [1.29, 1.82) is 0 Å². The zero-order chi connectivity index (χ0) is 12.7. The number of benzene rings is 1. The predicted octanol–water partition coefficient (Wildman–Crippen LogP) is 2.28. The molecule has 92 valence electrons. The average Bonchev–Trinajstić information content (AvgIpc) is 2.48. The van der Waals surface area contributed by atoms with Crippen LogP contribution in [0.2, 0.25) is 0 Å². The van der Waals surface area contributed by atoms with E-state index in [0.717, 1.165) is 5.46 Å². The van der Waals surface area contributed by atoms with Gasteiger partial charge in [0.05, 0.1) is 16.9 Å². The fraction of sp³-hybridized carbons (Fsp3) is 0.500. The van der Waals surface area contributed by atoms with Crippen LogP contribution in [0.4, 0.5) is 10.2 Å². The standard InChI is InChI=1S/C12H17BFNO2/c1-11(2)12(3,4)17-13(16-11)9-6-5-7-10(8-9)15-14/h5-8,15H,1-4H3. The van der Waals surface area contributed by atoms with Crippen molar-refractivity contribution in [3.8, 4) is 0 Å². The van der Waals surface area contributed by atoms with Crippen LogP contribution in [-0.2, 0) is 9.31 Å². The number of hydrogen-bond donors (Lipinski definition) is 1. The molecule has 1 aliphatic heterocycles. The molecule has 0 bridgehead atoms. The van der Waals surface area contributed by atoms with Crippen LogP contribution >= 0.6 is 0 Å². The summed E-state index contributed by atoms with van der Waals surface area (Å²) < 4.78 is 24.1. The first-order valence-corrected chi connectivity index (χ1v) is 5.68. The van der Waals surface area contributed by atoms with E-state index in [1.807, 2.05) is 33.8 Å². The summed E-state index contributed by atoms with van der Waals surface area (Å²) in [7, 11) is -0.451. The highest BCUT2D eigenvalue weighted by molar-refractivity contribution is 6.62.